The van der Waals surface area contributed by atoms with Crippen molar-refractivity contribution in [3.8, 4) is 11.5 Å². The molecule has 8 heteroatoms. The van der Waals surface area contributed by atoms with Gasteiger partial charge in [0.05, 0.1) is 24.2 Å². The fraction of sp³-hybridized carbons (Fsp3) is 0.294. The molecule has 0 aliphatic carbocycles. The number of aryl methyl sites for hydroxylation is 1. The normalized spacial score (nSPS) is 8.88. The predicted octanol–water partition coefficient (Wildman–Crippen LogP) is 2.85. The first kappa shape index (κ1) is 26.2. The summed E-state index contributed by atoms with van der Waals surface area (Å²) in [4.78, 5) is 5.32. The van der Waals surface area contributed by atoms with E-state index in [0.29, 0.717) is 30.4 Å². The van der Waals surface area contributed by atoms with Crippen LogP contribution in [-0.2, 0) is 19.5 Å². The van der Waals surface area contributed by atoms with Crippen molar-refractivity contribution in [2.75, 3.05) is 13.2 Å². The van der Waals surface area contributed by atoms with E-state index >= 15 is 0 Å². The topological polar surface area (TPSA) is 46.6 Å². The molecule has 0 radical (unpaired) electrons. The van der Waals surface area contributed by atoms with Crippen LogP contribution >= 0.6 is 24.2 Å². The summed E-state index contributed by atoms with van der Waals surface area (Å²) in [5, 5.41) is 9.13. The number of hydrogen-bond acceptors (Lipinski definition) is 4. The Morgan fingerprint density at radius 3 is 2.08 bits per heavy atom. The van der Waals surface area contributed by atoms with Gasteiger partial charge in [-0.3, -0.25) is 0 Å². The molecule has 0 aromatic heterocycles. The van der Waals surface area contributed by atoms with Gasteiger partial charge in [0.1, 0.15) is 5.75 Å². The van der Waals surface area contributed by atoms with Gasteiger partial charge in [0, 0.05) is 30.4 Å². The second-order valence-electron chi connectivity index (χ2n) is 4.65. The van der Waals surface area contributed by atoms with E-state index in [1.165, 1.54) is 5.56 Å². The molecule has 0 aliphatic heterocycles. The molecule has 0 aliphatic rings. The third-order valence-electron chi connectivity index (χ3n) is 2.98. The van der Waals surface area contributed by atoms with Gasteiger partial charge >= 0.3 is 5.69 Å². The smallest absolute Gasteiger partial charge is 0.430 e. The molecule has 2 aromatic carbocycles. The van der Waals surface area contributed by atoms with Crippen molar-refractivity contribution in [3.05, 3.63) is 46.9 Å². The van der Waals surface area contributed by atoms with Gasteiger partial charge in [-0.1, -0.05) is 29.5 Å². The fourth-order valence-corrected chi connectivity index (χ4v) is 2.87. The van der Waals surface area contributed by atoms with Crippen molar-refractivity contribution < 1.29 is 41.4 Å². The molecule has 0 amide bonds. The van der Waals surface area contributed by atoms with Crippen LogP contribution in [0.25, 0.3) is 4.98 Å². The maximum Gasteiger partial charge on any atom is 0.430 e. The van der Waals surface area contributed by atoms with Crippen molar-refractivity contribution in [3.63, 3.8) is 0 Å². The van der Waals surface area contributed by atoms with E-state index in [1.54, 1.807) is 17.8 Å². The second-order valence-corrected chi connectivity index (χ2v) is 5.76. The quantitative estimate of drug-likeness (QED) is 0.499. The van der Waals surface area contributed by atoms with Gasteiger partial charge < -0.3 is 21.9 Å². The van der Waals surface area contributed by atoms with Crippen LogP contribution in [0, 0.1) is 12.3 Å². The summed E-state index contributed by atoms with van der Waals surface area (Å²) >= 11 is 1.59. The molecule has 0 saturated heterocycles. The Kier molecular flexibility index (Phi) is 13.9. The van der Waals surface area contributed by atoms with Gasteiger partial charge in [0.25, 0.3) is 0 Å². The Balaban J connectivity index is 0. The van der Waals surface area contributed by atoms with E-state index in [-0.39, 0.29) is 44.3 Å². The number of rotatable bonds is 6. The van der Waals surface area contributed by atoms with Crippen molar-refractivity contribution >= 4 is 29.9 Å². The van der Waals surface area contributed by atoms with Crippen molar-refractivity contribution in [1.29, 1.82) is 5.39 Å². The minimum absolute atomic E-state index is 0. The fourth-order valence-electron chi connectivity index (χ4n) is 1.96. The third kappa shape index (κ3) is 7.42. The number of diazo groups is 1. The Bertz CT molecular complexity index is 694. The monoisotopic (exact) mass is 450 g/mol. The minimum atomic E-state index is 0. The zero-order chi connectivity index (χ0) is 15.9. The van der Waals surface area contributed by atoms with Gasteiger partial charge in [0.2, 0.25) is 11.1 Å². The van der Waals surface area contributed by atoms with Crippen LogP contribution in [0.2, 0.25) is 0 Å². The first-order valence-electron chi connectivity index (χ1n) is 7.21. The molecule has 132 valence electrons. The molecular formula is C17H20Cl2N2O2SZn. The SMILES string of the molecule is CCOc1cc(Sc2ccc(C)cc2)c(OCC)cc1[N+]#N.Cl.[Cl-].[Zn]. The van der Waals surface area contributed by atoms with Crippen LogP contribution in [0.15, 0.2) is 46.2 Å². The molecule has 0 bridgehead atoms. The molecule has 0 spiro atoms. The molecule has 0 N–H and O–H groups in total. The molecule has 2 aromatic rings. The molecule has 2 rings (SSSR count). The minimum Gasteiger partial charge on any atom is -1.00 e. The van der Waals surface area contributed by atoms with Crippen LogP contribution in [0.3, 0.4) is 0 Å². The molecular weight excluding hydrogens is 433 g/mol. The number of benzene rings is 2. The van der Waals surface area contributed by atoms with Crippen LogP contribution in [0.5, 0.6) is 11.5 Å². The van der Waals surface area contributed by atoms with E-state index in [4.69, 9.17) is 14.9 Å². The molecule has 25 heavy (non-hydrogen) atoms. The van der Waals surface area contributed by atoms with Crippen molar-refractivity contribution in [1.82, 2.24) is 0 Å². The first-order chi connectivity index (χ1) is 10.7. The van der Waals surface area contributed by atoms with E-state index in [1.807, 2.05) is 19.9 Å². The molecule has 0 heterocycles. The van der Waals surface area contributed by atoms with E-state index < -0.39 is 0 Å². The number of halogens is 2. The summed E-state index contributed by atoms with van der Waals surface area (Å²) in [5.41, 5.74) is 1.59. The summed E-state index contributed by atoms with van der Waals surface area (Å²) in [5.74, 6) is 1.23. The van der Waals surface area contributed by atoms with E-state index in [9.17, 15) is 0 Å². The van der Waals surface area contributed by atoms with Crippen LogP contribution in [0.4, 0.5) is 5.69 Å². The predicted molar refractivity (Wildman–Crippen MR) is 96.1 cm³/mol. The van der Waals surface area contributed by atoms with Crippen LogP contribution in [0.1, 0.15) is 19.4 Å². The van der Waals surface area contributed by atoms with Gasteiger partial charge in [-0.2, -0.15) is 0 Å². The zero-order valence-corrected chi connectivity index (χ0v) is 19.8. The van der Waals surface area contributed by atoms with Gasteiger partial charge in [0.15, 0.2) is 4.98 Å². The Morgan fingerprint density at radius 1 is 1.00 bits per heavy atom. The van der Waals surface area contributed by atoms with Gasteiger partial charge in [-0.25, -0.2) is 0 Å². The number of ether oxygens (including phenoxy) is 2. The Labute approximate surface area is 178 Å². The zero-order valence-electron chi connectivity index (χ0n) is 14.5. The van der Waals surface area contributed by atoms with Crippen LogP contribution in [-0.4, -0.2) is 13.2 Å². The van der Waals surface area contributed by atoms with E-state index in [2.05, 4.69) is 36.2 Å². The largest absolute Gasteiger partial charge is 1.00 e. The number of hydrogen-bond donors (Lipinski definition) is 0. The van der Waals surface area contributed by atoms with Crippen LogP contribution < -0.4 is 21.9 Å². The Morgan fingerprint density at radius 2 is 1.56 bits per heavy atom. The second kappa shape index (κ2) is 13.2. The molecule has 0 saturated carbocycles. The molecule has 0 fully saturated rings. The van der Waals surface area contributed by atoms with Gasteiger partial charge in [-0.05, 0) is 32.9 Å². The third-order valence-corrected chi connectivity index (χ3v) is 4.03. The maximum atomic E-state index is 9.13. The summed E-state index contributed by atoms with van der Waals surface area (Å²) in [7, 11) is 0. The van der Waals surface area contributed by atoms with Crippen molar-refractivity contribution in [2.45, 2.75) is 30.6 Å². The first-order valence-corrected chi connectivity index (χ1v) is 8.02. The summed E-state index contributed by atoms with van der Waals surface area (Å²) in [6, 6.07) is 11.8. The summed E-state index contributed by atoms with van der Waals surface area (Å²) < 4.78 is 11.2. The molecule has 4 nitrogen and oxygen atoms in total. The number of nitrogens with zero attached hydrogens (tertiary/aromatic N) is 2. The summed E-state index contributed by atoms with van der Waals surface area (Å²) in [6.07, 6.45) is 0. The molecule has 0 atom stereocenters. The maximum absolute atomic E-state index is 9.13. The standard InChI is InChI=1S/C17H19N2O2S.2ClH.Zn/c1-4-20-15-11-17(16(21-5-2)10-14(15)19-18)22-13-8-6-12(3)7-9-13;;;/h6-11H,4-5H2,1-3H3;2*1H;/q+1;;;/p-1. The molecule has 0 unspecified atom stereocenters. The average molecular weight is 453 g/mol. The van der Waals surface area contributed by atoms with Crippen molar-refractivity contribution in [2.24, 2.45) is 0 Å². The summed E-state index contributed by atoms with van der Waals surface area (Å²) in [6.45, 7) is 6.92. The Hall–Kier alpha value is -0.987. The van der Waals surface area contributed by atoms with E-state index in [0.717, 1.165) is 9.79 Å². The average Bonchev–Trinajstić information content (AvgIpc) is 2.52. The van der Waals surface area contributed by atoms with Gasteiger partial charge in [-0.15, -0.1) is 12.4 Å².